The van der Waals surface area contributed by atoms with E-state index in [9.17, 15) is 9.59 Å². The van der Waals surface area contributed by atoms with Crippen LogP contribution in [0.2, 0.25) is 0 Å². The Labute approximate surface area is 157 Å². The Balaban J connectivity index is 1.50. The van der Waals surface area contributed by atoms with E-state index in [1.165, 1.54) is 6.20 Å². The third kappa shape index (κ3) is 3.21. The molecule has 1 amide bonds. The first-order valence-electron chi connectivity index (χ1n) is 8.92. The van der Waals surface area contributed by atoms with Crippen molar-refractivity contribution in [3.05, 3.63) is 78.0 Å². The molecule has 4 rings (SSSR count). The van der Waals surface area contributed by atoms with Gasteiger partial charge in [-0.1, -0.05) is 36.4 Å². The number of likely N-dealkylation sites (tertiary alicyclic amines) is 1. The Morgan fingerprint density at radius 1 is 1.00 bits per heavy atom. The third-order valence-corrected chi connectivity index (χ3v) is 4.94. The quantitative estimate of drug-likeness (QED) is 0.726. The summed E-state index contributed by atoms with van der Waals surface area (Å²) in [5.41, 5.74) is 8.05. The number of rotatable bonds is 4. The molecule has 0 aliphatic carbocycles. The average Bonchev–Trinajstić information content (AvgIpc) is 3.35. The van der Waals surface area contributed by atoms with Crippen LogP contribution in [0.15, 0.2) is 66.9 Å². The second-order valence-corrected chi connectivity index (χ2v) is 6.66. The summed E-state index contributed by atoms with van der Waals surface area (Å²) >= 11 is 0. The molecule has 0 radical (unpaired) electrons. The standard InChI is InChI=1S/C21H20N4O2/c22-20-18(13-23-25(20)17-9-5-2-6-10-17)19(26)16-11-12-24(14-16)21(27)15-7-3-1-4-8-15/h1-10,13,16H,11-12,14,22H2/t16-/m1/s1. The van der Waals surface area contributed by atoms with E-state index in [2.05, 4.69) is 5.10 Å². The number of nitrogen functional groups attached to an aromatic ring is 1. The predicted octanol–water partition coefficient (Wildman–Crippen LogP) is 2.80. The zero-order valence-corrected chi connectivity index (χ0v) is 14.8. The monoisotopic (exact) mass is 360 g/mol. The van der Waals surface area contributed by atoms with Crippen LogP contribution in [0.3, 0.4) is 0 Å². The van der Waals surface area contributed by atoms with Gasteiger partial charge in [0.2, 0.25) is 0 Å². The molecule has 3 aromatic rings. The van der Waals surface area contributed by atoms with Gasteiger partial charge in [-0.25, -0.2) is 4.68 Å². The lowest BCUT2D eigenvalue weighted by molar-refractivity contribution is 0.0780. The molecule has 1 saturated heterocycles. The Kier molecular flexibility index (Phi) is 4.46. The maximum atomic E-state index is 12.9. The van der Waals surface area contributed by atoms with Crippen LogP contribution >= 0.6 is 0 Å². The van der Waals surface area contributed by atoms with Gasteiger partial charge in [0, 0.05) is 24.6 Å². The molecule has 0 unspecified atom stereocenters. The highest BCUT2D eigenvalue weighted by atomic mass is 16.2. The number of benzene rings is 2. The summed E-state index contributed by atoms with van der Waals surface area (Å²) in [5.74, 6) is -0.0238. The van der Waals surface area contributed by atoms with Gasteiger partial charge in [0.15, 0.2) is 5.78 Å². The summed E-state index contributed by atoms with van der Waals surface area (Å²) < 4.78 is 1.56. The van der Waals surface area contributed by atoms with E-state index in [0.29, 0.717) is 36.5 Å². The summed E-state index contributed by atoms with van der Waals surface area (Å²) in [7, 11) is 0. The van der Waals surface area contributed by atoms with E-state index in [1.54, 1.807) is 21.7 Å². The van der Waals surface area contributed by atoms with Crippen molar-refractivity contribution in [2.45, 2.75) is 6.42 Å². The molecule has 2 heterocycles. The number of nitrogens with zero attached hydrogens (tertiary/aromatic N) is 3. The topological polar surface area (TPSA) is 81.2 Å². The number of hydrogen-bond donors (Lipinski definition) is 1. The molecule has 2 N–H and O–H groups in total. The van der Waals surface area contributed by atoms with Crippen LogP contribution < -0.4 is 5.73 Å². The van der Waals surface area contributed by atoms with Gasteiger partial charge in [0.25, 0.3) is 5.91 Å². The zero-order chi connectivity index (χ0) is 18.8. The Morgan fingerprint density at radius 2 is 1.67 bits per heavy atom. The molecular weight excluding hydrogens is 340 g/mol. The molecule has 6 heteroatoms. The van der Waals surface area contributed by atoms with E-state index < -0.39 is 0 Å². The molecule has 1 fully saturated rings. The highest BCUT2D eigenvalue weighted by molar-refractivity contribution is 6.03. The van der Waals surface area contributed by atoms with Crippen molar-refractivity contribution in [1.29, 1.82) is 0 Å². The molecule has 1 aliphatic heterocycles. The molecule has 0 spiro atoms. The van der Waals surface area contributed by atoms with Crippen molar-refractivity contribution in [2.75, 3.05) is 18.8 Å². The van der Waals surface area contributed by atoms with Crippen molar-refractivity contribution < 1.29 is 9.59 Å². The van der Waals surface area contributed by atoms with Gasteiger partial charge in [-0.05, 0) is 30.7 Å². The fourth-order valence-corrected chi connectivity index (χ4v) is 3.46. The molecule has 27 heavy (non-hydrogen) atoms. The van der Waals surface area contributed by atoms with Gasteiger partial charge >= 0.3 is 0 Å². The van der Waals surface area contributed by atoms with Crippen molar-refractivity contribution in [3.63, 3.8) is 0 Å². The third-order valence-electron chi connectivity index (χ3n) is 4.94. The van der Waals surface area contributed by atoms with E-state index >= 15 is 0 Å². The van der Waals surface area contributed by atoms with Gasteiger partial charge in [-0.3, -0.25) is 9.59 Å². The summed E-state index contributed by atoms with van der Waals surface area (Å²) in [6.07, 6.45) is 2.15. The number of carbonyl (C=O) groups is 2. The summed E-state index contributed by atoms with van der Waals surface area (Å²) in [4.78, 5) is 27.3. The number of aromatic nitrogens is 2. The minimum absolute atomic E-state index is 0.0427. The first-order valence-corrected chi connectivity index (χ1v) is 8.92. The molecule has 1 aliphatic rings. The zero-order valence-electron chi connectivity index (χ0n) is 14.8. The largest absolute Gasteiger partial charge is 0.383 e. The normalized spacial score (nSPS) is 16.4. The molecule has 1 atom stereocenters. The fraction of sp³-hybridized carbons (Fsp3) is 0.190. The minimum Gasteiger partial charge on any atom is -0.383 e. The van der Waals surface area contributed by atoms with Crippen LogP contribution in [0.1, 0.15) is 27.1 Å². The van der Waals surface area contributed by atoms with E-state index in [-0.39, 0.29) is 17.6 Å². The SMILES string of the molecule is Nc1c(C(=O)[C@@H]2CCN(C(=O)c3ccccc3)C2)cnn1-c1ccccc1. The van der Waals surface area contributed by atoms with Gasteiger partial charge in [-0.15, -0.1) is 0 Å². The second kappa shape index (κ2) is 7.07. The summed E-state index contributed by atoms with van der Waals surface area (Å²) in [6, 6.07) is 18.6. The Hall–Kier alpha value is -3.41. The number of Topliss-reactive ketones (excluding diaryl/α,β-unsaturated/α-hetero) is 1. The van der Waals surface area contributed by atoms with Crippen LogP contribution in [-0.2, 0) is 0 Å². The Bertz CT molecular complexity index is 966. The van der Waals surface area contributed by atoms with Gasteiger partial charge in [0.1, 0.15) is 5.82 Å². The van der Waals surface area contributed by atoms with E-state index in [1.807, 2.05) is 48.5 Å². The number of para-hydroxylation sites is 1. The van der Waals surface area contributed by atoms with Crippen molar-refractivity contribution >= 4 is 17.5 Å². The number of nitrogens with two attached hydrogens (primary N) is 1. The van der Waals surface area contributed by atoms with Gasteiger partial charge in [0.05, 0.1) is 17.4 Å². The molecule has 0 bridgehead atoms. The lowest BCUT2D eigenvalue weighted by atomic mass is 9.98. The maximum absolute atomic E-state index is 12.9. The van der Waals surface area contributed by atoms with Crippen LogP contribution in [0, 0.1) is 5.92 Å². The number of amides is 1. The Morgan fingerprint density at radius 3 is 2.37 bits per heavy atom. The molecular formula is C21H20N4O2. The molecule has 0 saturated carbocycles. The number of carbonyl (C=O) groups excluding carboxylic acids is 2. The number of anilines is 1. The number of hydrogen-bond acceptors (Lipinski definition) is 4. The minimum atomic E-state index is -0.256. The van der Waals surface area contributed by atoms with Crippen LogP contribution in [0.4, 0.5) is 5.82 Å². The molecule has 1 aromatic heterocycles. The smallest absolute Gasteiger partial charge is 0.253 e. The summed E-state index contributed by atoms with van der Waals surface area (Å²) in [6.45, 7) is 0.972. The molecule has 136 valence electrons. The fourth-order valence-electron chi connectivity index (χ4n) is 3.46. The van der Waals surface area contributed by atoms with E-state index in [0.717, 1.165) is 5.69 Å². The average molecular weight is 360 g/mol. The lowest BCUT2D eigenvalue weighted by Crippen LogP contribution is -2.30. The first-order chi connectivity index (χ1) is 13.1. The number of ketones is 1. The molecule has 6 nitrogen and oxygen atoms in total. The highest BCUT2D eigenvalue weighted by Crippen LogP contribution is 2.26. The van der Waals surface area contributed by atoms with E-state index in [4.69, 9.17) is 5.73 Å². The predicted molar refractivity (Wildman–Crippen MR) is 103 cm³/mol. The van der Waals surface area contributed by atoms with Crippen LogP contribution in [0.5, 0.6) is 0 Å². The summed E-state index contributed by atoms with van der Waals surface area (Å²) in [5, 5.41) is 4.27. The molecule has 2 aromatic carbocycles. The highest BCUT2D eigenvalue weighted by Gasteiger charge is 2.33. The second-order valence-electron chi connectivity index (χ2n) is 6.66. The van der Waals surface area contributed by atoms with Gasteiger partial charge in [-0.2, -0.15) is 5.10 Å². The van der Waals surface area contributed by atoms with Crippen LogP contribution in [-0.4, -0.2) is 39.5 Å². The van der Waals surface area contributed by atoms with Gasteiger partial charge < -0.3 is 10.6 Å². The van der Waals surface area contributed by atoms with Crippen molar-refractivity contribution in [1.82, 2.24) is 14.7 Å². The van der Waals surface area contributed by atoms with Crippen molar-refractivity contribution in [3.8, 4) is 5.69 Å². The lowest BCUT2D eigenvalue weighted by Gasteiger charge is -2.16. The first kappa shape index (κ1) is 17.0. The maximum Gasteiger partial charge on any atom is 0.253 e. The van der Waals surface area contributed by atoms with Crippen molar-refractivity contribution in [2.24, 2.45) is 5.92 Å². The van der Waals surface area contributed by atoms with Crippen LogP contribution in [0.25, 0.3) is 5.69 Å².